The smallest absolute Gasteiger partial charge is 0.111 e. The van der Waals surface area contributed by atoms with Crippen LogP contribution in [-0.4, -0.2) is 9.97 Å². The quantitative estimate of drug-likeness (QED) is 0.666. The van der Waals surface area contributed by atoms with Crippen molar-refractivity contribution in [2.45, 2.75) is 6.92 Å². The van der Waals surface area contributed by atoms with E-state index in [1.54, 1.807) is 0 Å². The first-order valence-corrected chi connectivity index (χ1v) is 4.16. The predicted molar refractivity (Wildman–Crippen MR) is 48.5 cm³/mol. The zero-order valence-corrected chi connectivity index (χ0v) is 7.64. The van der Waals surface area contributed by atoms with Gasteiger partial charge in [0.25, 0.3) is 0 Å². The Morgan fingerprint density at radius 2 is 2.36 bits per heavy atom. The molecule has 56 valence electrons. The lowest BCUT2D eigenvalue weighted by atomic mass is 10.2. The minimum Gasteiger partial charge on any atom is -0.361 e. The highest BCUT2D eigenvalue weighted by atomic mass is 79.9. The summed E-state index contributed by atoms with van der Waals surface area (Å²) in [6.07, 6.45) is 3.77. The molecule has 0 saturated carbocycles. The molecule has 0 fully saturated rings. The van der Waals surface area contributed by atoms with Crippen molar-refractivity contribution in [2.24, 2.45) is 0 Å². The lowest BCUT2D eigenvalue weighted by Gasteiger charge is -1.97. The van der Waals surface area contributed by atoms with Crippen molar-refractivity contribution in [1.29, 1.82) is 0 Å². The van der Waals surface area contributed by atoms with Crippen molar-refractivity contribution >= 4 is 26.8 Å². The van der Waals surface area contributed by atoms with E-state index in [4.69, 9.17) is 0 Å². The predicted octanol–water partition coefficient (Wildman–Crippen LogP) is 2.63. The van der Waals surface area contributed by atoms with Crippen LogP contribution >= 0.6 is 15.9 Å². The minimum absolute atomic E-state index is 0.910. The molecule has 2 heterocycles. The van der Waals surface area contributed by atoms with Crippen LogP contribution in [0.5, 0.6) is 0 Å². The maximum absolute atomic E-state index is 4.18. The van der Waals surface area contributed by atoms with Crippen LogP contribution in [0, 0.1) is 6.92 Å². The number of aromatic amines is 1. The largest absolute Gasteiger partial charge is 0.361 e. The first-order valence-electron chi connectivity index (χ1n) is 3.37. The van der Waals surface area contributed by atoms with Crippen LogP contribution in [0.25, 0.3) is 10.9 Å². The molecule has 0 amide bonds. The average molecular weight is 211 g/mol. The van der Waals surface area contributed by atoms with Crippen LogP contribution in [0.3, 0.4) is 0 Å². The summed E-state index contributed by atoms with van der Waals surface area (Å²) in [7, 11) is 0. The summed E-state index contributed by atoms with van der Waals surface area (Å²) in [5.41, 5.74) is 2.32. The number of nitrogens with zero attached hydrogens (tertiary/aromatic N) is 1. The zero-order valence-electron chi connectivity index (χ0n) is 6.06. The summed E-state index contributed by atoms with van der Waals surface area (Å²) >= 11 is 3.37. The van der Waals surface area contributed by atoms with Gasteiger partial charge in [0.1, 0.15) is 4.60 Å². The molecule has 0 aliphatic carbocycles. The van der Waals surface area contributed by atoms with E-state index in [0.29, 0.717) is 0 Å². The van der Waals surface area contributed by atoms with Crippen LogP contribution in [0.4, 0.5) is 0 Å². The van der Waals surface area contributed by atoms with Crippen molar-refractivity contribution in [3.05, 3.63) is 28.6 Å². The fourth-order valence-electron chi connectivity index (χ4n) is 1.14. The number of nitrogens with one attached hydrogen (secondary N) is 1. The Balaban J connectivity index is 2.93. The van der Waals surface area contributed by atoms with Gasteiger partial charge in [0.05, 0.1) is 5.52 Å². The molecule has 0 bridgehead atoms. The highest BCUT2D eigenvalue weighted by Gasteiger charge is 2.01. The van der Waals surface area contributed by atoms with Crippen LogP contribution in [-0.2, 0) is 0 Å². The number of fused-ring (bicyclic) bond motifs is 1. The third kappa shape index (κ3) is 0.959. The molecule has 2 aromatic rings. The Kier molecular flexibility index (Phi) is 1.46. The van der Waals surface area contributed by atoms with Crippen molar-refractivity contribution in [3.63, 3.8) is 0 Å². The fourth-order valence-corrected chi connectivity index (χ4v) is 1.44. The third-order valence-corrected chi connectivity index (χ3v) is 2.58. The standard InChI is InChI=1S/C8H7BrN2/c1-5-7-6(2-3-10-7)4-11-8(5)9/h2-4,10H,1H3. The number of rotatable bonds is 0. The van der Waals surface area contributed by atoms with Crippen molar-refractivity contribution in [2.75, 3.05) is 0 Å². The van der Waals surface area contributed by atoms with Gasteiger partial charge in [-0.2, -0.15) is 0 Å². The maximum atomic E-state index is 4.18. The Bertz CT molecular complexity index is 392. The molecule has 2 aromatic heterocycles. The van der Waals surface area contributed by atoms with E-state index < -0.39 is 0 Å². The minimum atomic E-state index is 0.910. The van der Waals surface area contributed by atoms with Gasteiger partial charge in [-0.1, -0.05) is 0 Å². The van der Waals surface area contributed by atoms with Crippen LogP contribution in [0.2, 0.25) is 0 Å². The molecule has 0 saturated heterocycles. The molecule has 3 heteroatoms. The monoisotopic (exact) mass is 210 g/mol. The molecule has 0 aliphatic heterocycles. The van der Waals surface area contributed by atoms with E-state index in [0.717, 1.165) is 21.1 Å². The Labute approximate surface area is 72.8 Å². The number of hydrogen-bond acceptors (Lipinski definition) is 1. The summed E-state index contributed by atoms with van der Waals surface area (Å²) in [5, 5.41) is 1.16. The first-order chi connectivity index (χ1) is 5.29. The SMILES string of the molecule is Cc1c(Br)ncc2cc[nH]c12. The van der Waals surface area contributed by atoms with E-state index in [9.17, 15) is 0 Å². The highest BCUT2D eigenvalue weighted by Crippen LogP contribution is 2.21. The molecular formula is C8H7BrN2. The second-order valence-corrected chi connectivity index (χ2v) is 3.23. The van der Waals surface area contributed by atoms with Gasteiger partial charge in [0.15, 0.2) is 0 Å². The van der Waals surface area contributed by atoms with Crippen LogP contribution in [0.15, 0.2) is 23.1 Å². The topological polar surface area (TPSA) is 28.7 Å². The molecule has 1 N–H and O–H groups in total. The molecule has 2 nitrogen and oxygen atoms in total. The Morgan fingerprint density at radius 1 is 1.55 bits per heavy atom. The molecule has 0 aromatic carbocycles. The molecule has 0 atom stereocenters. The second-order valence-electron chi connectivity index (χ2n) is 2.48. The normalized spacial score (nSPS) is 10.7. The van der Waals surface area contributed by atoms with Crippen molar-refractivity contribution < 1.29 is 0 Å². The molecule has 0 unspecified atom stereocenters. The maximum Gasteiger partial charge on any atom is 0.111 e. The van der Waals surface area contributed by atoms with E-state index in [-0.39, 0.29) is 0 Å². The molecule has 11 heavy (non-hydrogen) atoms. The van der Waals surface area contributed by atoms with Crippen LogP contribution < -0.4 is 0 Å². The van der Waals surface area contributed by atoms with Gasteiger partial charge in [-0.3, -0.25) is 0 Å². The molecule has 0 aliphatic rings. The highest BCUT2D eigenvalue weighted by molar-refractivity contribution is 9.10. The molecular weight excluding hydrogens is 204 g/mol. The van der Waals surface area contributed by atoms with Gasteiger partial charge >= 0.3 is 0 Å². The van der Waals surface area contributed by atoms with E-state index in [1.165, 1.54) is 0 Å². The lowest BCUT2D eigenvalue weighted by molar-refractivity contribution is 1.24. The number of aryl methyl sites for hydroxylation is 1. The molecule has 0 radical (unpaired) electrons. The van der Waals surface area contributed by atoms with E-state index >= 15 is 0 Å². The fraction of sp³-hybridized carbons (Fsp3) is 0.125. The van der Waals surface area contributed by atoms with Crippen molar-refractivity contribution in [3.8, 4) is 0 Å². The van der Waals surface area contributed by atoms with Gasteiger partial charge in [0.2, 0.25) is 0 Å². The number of hydrogen-bond donors (Lipinski definition) is 1. The zero-order chi connectivity index (χ0) is 7.84. The Hall–Kier alpha value is -0.830. The number of aromatic nitrogens is 2. The number of halogens is 1. The van der Waals surface area contributed by atoms with Gasteiger partial charge in [0, 0.05) is 23.3 Å². The molecule has 2 rings (SSSR count). The third-order valence-electron chi connectivity index (χ3n) is 1.78. The van der Waals surface area contributed by atoms with E-state index in [2.05, 4.69) is 25.9 Å². The van der Waals surface area contributed by atoms with Crippen LogP contribution in [0.1, 0.15) is 5.56 Å². The Morgan fingerprint density at radius 3 is 3.18 bits per heavy atom. The summed E-state index contributed by atoms with van der Waals surface area (Å²) in [5.74, 6) is 0. The van der Waals surface area contributed by atoms with Gasteiger partial charge in [-0.25, -0.2) is 4.98 Å². The number of H-pyrrole nitrogens is 1. The summed E-state index contributed by atoms with van der Waals surface area (Å²) in [4.78, 5) is 7.33. The van der Waals surface area contributed by atoms with Gasteiger partial charge < -0.3 is 4.98 Å². The number of pyridine rings is 1. The summed E-state index contributed by atoms with van der Waals surface area (Å²) in [6.45, 7) is 2.04. The summed E-state index contributed by atoms with van der Waals surface area (Å²) in [6, 6.07) is 2.02. The molecule has 0 spiro atoms. The first kappa shape index (κ1) is 6.85. The van der Waals surface area contributed by atoms with Gasteiger partial charge in [-0.05, 0) is 28.9 Å². The second kappa shape index (κ2) is 2.34. The van der Waals surface area contributed by atoms with Crippen molar-refractivity contribution in [1.82, 2.24) is 9.97 Å². The summed E-state index contributed by atoms with van der Waals surface area (Å²) < 4.78 is 0.910. The lowest BCUT2D eigenvalue weighted by Crippen LogP contribution is -1.82. The van der Waals surface area contributed by atoms with E-state index in [1.807, 2.05) is 25.4 Å². The average Bonchev–Trinajstić information content (AvgIpc) is 2.45. The van der Waals surface area contributed by atoms with Gasteiger partial charge in [-0.15, -0.1) is 0 Å².